The van der Waals surface area contributed by atoms with Crippen LogP contribution in [-0.4, -0.2) is 23.2 Å². The second kappa shape index (κ2) is 9.05. The van der Waals surface area contributed by atoms with E-state index in [4.69, 9.17) is 10.5 Å². The lowest BCUT2D eigenvalue weighted by Gasteiger charge is -2.19. The van der Waals surface area contributed by atoms with Crippen molar-refractivity contribution in [2.45, 2.75) is 31.3 Å². The van der Waals surface area contributed by atoms with E-state index in [0.717, 1.165) is 37.1 Å². The Morgan fingerprint density at radius 2 is 1.76 bits per heavy atom. The summed E-state index contributed by atoms with van der Waals surface area (Å²) < 4.78 is 5.80. The molecule has 6 heteroatoms. The van der Waals surface area contributed by atoms with Gasteiger partial charge in [0.1, 0.15) is 11.5 Å². The van der Waals surface area contributed by atoms with E-state index in [0.29, 0.717) is 18.3 Å². The number of anilines is 1. The van der Waals surface area contributed by atoms with Gasteiger partial charge in [-0.2, -0.15) is 0 Å². The van der Waals surface area contributed by atoms with Crippen molar-refractivity contribution in [2.75, 3.05) is 11.9 Å². The summed E-state index contributed by atoms with van der Waals surface area (Å²) in [5.41, 5.74) is 6.04. The van der Waals surface area contributed by atoms with E-state index in [1.807, 2.05) is 54.6 Å². The number of guanidine groups is 1. The van der Waals surface area contributed by atoms with Gasteiger partial charge in [-0.05, 0) is 37.1 Å². The minimum atomic E-state index is -0.690. The first kappa shape index (κ1) is 19.5. The van der Waals surface area contributed by atoms with E-state index >= 15 is 0 Å². The number of aliphatic imine (C=N–C) groups is 1. The highest BCUT2D eigenvalue weighted by atomic mass is 127. The van der Waals surface area contributed by atoms with Crippen LogP contribution in [0.3, 0.4) is 0 Å². The molecule has 0 amide bonds. The van der Waals surface area contributed by atoms with E-state index in [-0.39, 0.29) is 24.0 Å². The molecule has 25 heavy (non-hydrogen) atoms. The molecule has 2 aromatic rings. The maximum atomic E-state index is 10.3. The average Bonchev–Trinajstić information content (AvgIpc) is 3.02. The second-order valence-corrected chi connectivity index (χ2v) is 6.20. The fraction of sp³-hybridized carbons (Fsp3) is 0.316. The third-order valence-electron chi connectivity index (χ3n) is 4.16. The molecule has 0 spiro atoms. The molecule has 0 bridgehead atoms. The molecule has 4 N–H and O–H groups in total. The van der Waals surface area contributed by atoms with Gasteiger partial charge in [0.25, 0.3) is 0 Å². The molecule has 0 saturated heterocycles. The van der Waals surface area contributed by atoms with Crippen LogP contribution < -0.4 is 15.8 Å². The Hall–Kier alpha value is -1.80. The van der Waals surface area contributed by atoms with Crippen molar-refractivity contribution in [2.24, 2.45) is 10.7 Å². The first-order valence-electron chi connectivity index (χ1n) is 8.25. The topological polar surface area (TPSA) is 79.9 Å². The largest absolute Gasteiger partial charge is 0.457 e. The molecule has 0 aliphatic heterocycles. The summed E-state index contributed by atoms with van der Waals surface area (Å²) in [6, 6.07) is 17.1. The molecule has 2 aromatic carbocycles. The highest BCUT2D eigenvalue weighted by Crippen LogP contribution is 2.29. The van der Waals surface area contributed by atoms with Gasteiger partial charge in [-0.25, -0.2) is 0 Å². The Balaban J connectivity index is 0.00000225. The van der Waals surface area contributed by atoms with Crippen LogP contribution in [0.5, 0.6) is 11.5 Å². The molecular weight excluding hydrogens is 429 g/mol. The predicted octanol–water partition coefficient (Wildman–Crippen LogP) is 4.13. The van der Waals surface area contributed by atoms with Crippen LogP contribution in [0.2, 0.25) is 0 Å². The molecule has 1 aliphatic carbocycles. The molecule has 1 fully saturated rings. The van der Waals surface area contributed by atoms with Gasteiger partial charge < -0.3 is 20.9 Å². The first-order valence-corrected chi connectivity index (χ1v) is 8.25. The smallest absolute Gasteiger partial charge is 0.193 e. The van der Waals surface area contributed by atoms with Crippen molar-refractivity contribution in [1.29, 1.82) is 0 Å². The van der Waals surface area contributed by atoms with Gasteiger partial charge in [0.05, 0.1) is 12.1 Å². The van der Waals surface area contributed by atoms with Gasteiger partial charge in [-0.3, -0.25) is 4.99 Å². The van der Waals surface area contributed by atoms with Crippen molar-refractivity contribution in [1.82, 2.24) is 0 Å². The molecule has 1 saturated carbocycles. The Kier molecular flexibility index (Phi) is 7.07. The quantitative estimate of drug-likeness (QED) is 0.362. The number of rotatable bonds is 5. The maximum Gasteiger partial charge on any atom is 0.193 e. The summed E-state index contributed by atoms with van der Waals surface area (Å²) >= 11 is 0. The zero-order valence-corrected chi connectivity index (χ0v) is 16.4. The number of nitrogens with two attached hydrogens (primary N) is 1. The second-order valence-electron chi connectivity index (χ2n) is 6.20. The first-order chi connectivity index (χ1) is 11.6. The Morgan fingerprint density at radius 3 is 2.48 bits per heavy atom. The van der Waals surface area contributed by atoms with Gasteiger partial charge in [-0.1, -0.05) is 37.1 Å². The van der Waals surface area contributed by atoms with E-state index in [1.54, 1.807) is 0 Å². The Bertz CT molecular complexity index is 701. The van der Waals surface area contributed by atoms with Crippen LogP contribution in [0.1, 0.15) is 25.7 Å². The number of hydrogen-bond donors (Lipinski definition) is 3. The fourth-order valence-electron chi connectivity index (χ4n) is 2.87. The Morgan fingerprint density at radius 1 is 1.08 bits per heavy atom. The van der Waals surface area contributed by atoms with Crippen molar-refractivity contribution in [3.05, 3.63) is 54.6 Å². The molecule has 0 unspecified atom stereocenters. The van der Waals surface area contributed by atoms with Gasteiger partial charge in [0.15, 0.2) is 5.96 Å². The predicted molar refractivity (Wildman–Crippen MR) is 112 cm³/mol. The van der Waals surface area contributed by atoms with Gasteiger partial charge in [0, 0.05) is 11.8 Å². The Labute approximate surface area is 165 Å². The number of nitrogens with zero attached hydrogens (tertiary/aromatic N) is 1. The van der Waals surface area contributed by atoms with Crippen LogP contribution in [0.4, 0.5) is 5.69 Å². The van der Waals surface area contributed by atoms with Crippen LogP contribution in [0.15, 0.2) is 59.6 Å². The summed E-state index contributed by atoms with van der Waals surface area (Å²) in [5, 5.41) is 13.3. The fourth-order valence-corrected chi connectivity index (χ4v) is 2.87. The number of para-hydroxylation sites is 1. The number of halogens is 1. The van der Waals surface area contributed by atoms with Crippen LogP contribution in [0.25, 0.3) is 0 Å². The molecule has 0 radical (unpaired) electrons. The zero-order chi connectivity index (χ0) is 16.8. The summed E-state index contributed by atoms with van der Waals surface area (Å²) in [4.78, 5) is 4.28. The third-order valence-corrected chi connectivity index (χ3v) is 4.16. The maximum absolute atomic E-state index is 10.3. The molecule has 0 aromatic heterocycles. The zero-order valence-electron chi connectivity index (χ0n) is 14.0. The number of aliphatic hydroxyl groups is 1. The van der Waals surface area contributed by atoms with Crippen LogP contribution in [0, 0.1) is 0 Å². The molecule has 3 rings (SSSR count). The SMILES string of the molecule is I.NC(=NCC1(O)CCCC1)Nc1cccc(Oc2ccccc2)c1. The summed E-state index contributed by atoms with van der Waals surface area (Å²) in [6.45, 7) is 0.339. The molecule has 0 atom stereocenters. The van der Waals surface area contributed by atoms with Crippen molar-refractivity contribution >= 4 is 35.6 Å². The van der Waals surface area contributed by atoms with Crippen molar-refractivity contribution in [3.63, 3.8) is 0 Å². The number of benzene rings is 2. The lowest BCUT2D eigenvalue weighted by molar-refractivity contribution is 0.0575. The molecule has 0 heterocycles. The monoisotopic (exact) mass is 453 g/mol. The average molecular weight is 453 g/mol. The highest BCUT2D eigenvalue weighted by molar-refractivity contribution is 14.0. The van der Waals surface area contributed by atoms with E-state index in [9.17, 15) is 5.11 Å². The van der Waals surface area contributed by atoms with Crippen molar-refractivity contribution in [3.8, 4) is 11.5 Å². The van der Waals surface area contributed by atoms with Crippen LogP contribution in [-0.2, 0) is 0 Å². The van der Waals surface area contributed by atoms with Gasteiger partial charge in [0.2, 0.25) is 0 Å². The van der Waals surface area contributed by atoms with Gasteiger partial charge >= 0.3 is 0 Å². The number of hydrogen-bond acceptors (Lipinski definition) is 3. The van der Waals surface area contributed by atoms with E-state index in [1.165, 1.54) is 0 Å². The van der Waals surface area contributed by atoms with E-state index < -0.39 is 5.60 Å². The molecule has 5 nitrogen and oxygen atoms in total. The molecule has 134 valence electrons. The molecule has 1 aliphatic rings. The highest BCUT2D eigenvalue weighted by Gasteiger charge is 2.30. The van der Waals surface area contributed by atoms with Gasteiger partial charge in [-0.15, -0.1) is 24.0 Å². The van der Waals surface area contributed by atoms with Crippen molar-refractivity contribution < 1.29 is 9.84 Å². The minimum absolute atomic E-state index is 0. The normalized spacial score (nSPS) is 16.1. The number of ether oxygens (including phenoxy) is 1. The van der Waals surface area contributed by atoms with E-state index in [2.05, 4.69) is 10.3 Å². The standard InChI is InChI=1S/C19H23N3O2.HI/c20-18(21-14-19(23)11-4-5-12-19)22-15-7-6-10-17(13-15)24-16-8-2-1-3-9-16;/h1-3,6-10,13,23H,4-5,11-12,14H2,(H3,20,21,22);1H. The summed E-state index contributed by atoms with van der Waals surface area (Å²) in [6.07, 6.45) is 3.70. The minimum Gasteiger partial charge on any atom is -0.457 e. The third kappa shape index (κ3) is 5.89. The molecular formula is C19H24IN3O2. The van der Waals surface area contributed by atoms with Crippen LogP contribution >= 0.6 is 24.0 Å². The lowest BCUT2D eigenvalue weighted by atomic mass is 10.0. The summed E-state index contributed by atoms with van der Waals surface area (Å²) in [5.74, 6) is 1.79. The number of nitrogens with one attached hydrogen (secondary N) is 1. The summed E-state index contributed by atoms with van der Waals surface area (Å²) in [7, 11) is 0. The lowest BCUT2D eigenvalue weighted by Crippen LogP contribution is -2.31.